The molecule has 0 aliphatic heterocycles. The first kappa shape index (κ1) is 8.10. The summed E-state index contributed by atoms with van der Waals surface area (Å²) in [5, 5.41) is 3.22. The number of aromatic nitrogens is 2. The van der Waals surface area contributed by atoms with Crippen LogP contribution in [-0.4, -0.2) is 23.1 Å². The molecule has 5 heteroatoms. The van der Waals surface area contributed by atoms with Crippen molar-refractivity contribution in [3.05, 3.63) is 6.33 Å². The molecule has 1 aromatic heterocycles. The SMILES string of the molecule is COc1c(N)ncnc1NC1CC1. The summed E-state index contributed by atoms with van der Waals surface area (Å²) in [6.45, 7) is 0. The Labute approximate surface area is 76.3 Å². The van der Waals surface area contributed by atoms with Gasteiger partial charge in [-0.15, -0.1) is 0 Å². The zero-order chi connectivity index (χ0) is 9.26. The van der Waals surface area contributed by atoms with Crippen molar-refractivity contribution in [3.63, 3.8) is 0 Å². The lowest BCUT2D eigenvalue weighted by molar-refractivity contribution is 0.415. The van der Waals surface area contributed by atoms with Gasteiger partial charge in [-0.3, -0.25) is 0 Å². The second kappa shape index (κ2) is 3.08. The highest BCUT2D eigenvalue weighted by atomic mass is 16.5. The van der Waals surface area contributed by atoms with Crippen LogP contribution >= 0.6 is 0 Å². The summed E-state index contributed by atoms with van der Waals surface area (Å²) in [5.41, 5.74) is 5.61. The van der Waals surface area contributed by atoms with Crippen LogP contribution in [0.4, 0.5) is 11.6 Å². The minimum absolute atomic E-state index is 0.376. The molecule has 0 radical (unpaired) electrons. The number of ether oxygens (including phenoxy) is 1. The van der Waals surface area contributed by atoms with Gasteiger partial charge in [0.25, 0.3) is 0 Å². The standard InChI is InChI=1S/C8H12N4O/c1-13-6-7(9)10-4-11-8(6)12-5-2-3-5/h4-5H,2-3H2,1H3,(H3,9,10,11,12). The van der Waals surface area contributed by atoms with E-state index in [0.29, 0.717) is 23.4 Å². The highest BCUT2D eigenvalue weighted by Gasteiger charge is 2.23. The molecular formula is C8H12N4O. The van der Waals surface area contributed by atoms with Crippen molar-refractivity contribution in [2.75, 3.05) is 18.2 Å². The van der Waals surface area contributed by atoms with E-state index in [0.717, 1.165) is 0 Å². The van der Waals surface area contributed by atoms with Crippen molar-refractivity contribution >= 4 is 11.6 Å². The van der Waals surface area contributed by atoms with Crippen LogP contribution in [0.1, 0.15) is 12.8 Å². The smallest absolute Gasteiger partial charge is 0.203 e. The summed E-state index contributed by atoms with van der Waals surface area (Å²) < 4.78 is 5.09. The summed E-state index contributed by atoms with van der Waals surface area (Å²) >= 11 is 0. The molecule has 5 nitrogen and oxygen atoms in total. The van der Waals surface area contributed by atoms with E-state index in [9.17, 15) is 0 Å². The fourth-order valence-electron chi connectivity index (χ4n) is 1.11. The second-order valence-electron chi connectivity index (χ2n) is 3.06. The van der Waals surface area contributed by atoms with Crippen LogP contribution in [0.15, 0.2) is 6.33 Å². The van der Waals surface area contributed by atoms with Crippen LogP contribution in [0.3, 0.4) is 0 Å². The highest BCUT2D eigenvalue weighted by molar-refractivity contribution is 5.61. The monoisotopic (exact) mass is 180 g/mol. The zero-order valence-electron chi connectivity index (χ0n) is 7.45. The van der Waals surface area contributed by atoms with Gasteiger partial charge in [0.05, 0.1) is 7.11 Å². The van der Waals surface area contributed by atoms with E-state index in [1.165, 1.54) is 19.2 Å². The summed E-state index contributed by atoms with van der Waals surface area (Å²) in [4.78, 5) is 7.90. The summed E-state index contributed by atoms with van der Waals surface area (Å²) in [7, 11) is 1.56. The number of nitrogen functional groups attached to an aromatic ring is 1. The van der Waals surface area contributed by atoms with Crippen LogP contribution in [0, 0.1) is 0 Å². The molecule has 2 rings (SSSR count). The Morgan fingerprint density at radius 1 is 1.54 bits per heavy atom. The number of rotatable bonds is 3. The number of methoxy groups -OCH3 is 1. The molecule has 3 N–H and O–H groups in total. The van der Waals surface area contributed by atoms with Crippen molar-refractivity contribution in [1.29, 1.82) is 0 Å². The van der Waals surface area contributed by atoms with Crippen LogP contribution in [0.5, 0.6) is 5.75 Å². The third-order valence-electron chi connectivity index (χ3n) is 1.95. The van der Waals surface area contributed by atoms with E-state index in [1.807, 2.05) is 0 Å². The molecule has 1 fully saturated rings. The predicted molar refractivity (Wildman–Crippen MR) is 49.6 cm³/mol. The lowest BCUT2D eigenvalue weighted by atomic mass is 10.4. The van der Waals surface area contributed by atoms with Crippen LogP contribution in [-0.2, 0) is 0 Å². The van der Waals surface area contributed by atoms with Gasteiger partial charge >= 0.3 is 0 Å². The Morgan fingerprint density at radius 3 is 2.92 bits per heavy atom. The lowest BCUT2D eigenvalue weighted by Crippen LogP contribution is -2.07. The number of nitrogens with two attached hydrogens (primary N) is 1. The molecule has 1 aromatic rings. The molecular weight excluding hydrogens is 168 g/mol. The Hall–Kier alpha value is -1.52. The third-order valence-corrected chi connectivity index (χ3v) is 1.95. The number of nitrogens with one attached hydrogen (secondary N) is 1. The maximum absolute atomic E-state index is 5.61. The largest absolute Gasteiger partial charge is 0.490 e. The highest BCUT2D eigenvalue weighted by Crippen LogP contribution is 2.31. The van der Waals surface area contributed by atoms with Gasteiger partial charge < -0.3 is 15.8 Å². The Balaban J connectivity index is 2.25. The first-order chi connectivity index (χ1) is 6.31. The maximum Gasteiger partial charge on any atom is 0.203 e. The minimum Gasteiger partial charge on any atom is -0.490 e. The quantitative estimate of drug-likeness (QED) is 0.714. The summed E-state index contributed by atoms with van der Waals surface area (Å²) in [6, 6.07) is 0.531. The lowest BCUT2D eigenvalue weighted by Gasteiger charge is -2.09. The normalized spacial score (nSPS) is 15.5. The first-order valence-electron chi connectivity index (χ1n) is 4.22. The summed E-state index contributed by atoms with van der Waals surface area (Å²) in [6.07, 6.45) is 3.81. The van der Waals surface area contributed by atoms with Crippen molar-refractivity contribution in [2.45, 2.75) is 18.9 Å². The van der Waals surface area contributed by atoms with Crippen molar-refractivity contribution in [3.8, 4) is 5.75 Å². The van der Waals surface area contributed by atoms with Gasteiger partial charge in [-0.1, -0.05) is 0 Å². The van der Waals surface area contributed by atoms with Crippen LogP contribution in [0.2, 0.25) is 0 Å². The topological polar surface area (TPSA) is 73.1 Å². The zero-order valence-corrected chi connectivity index (χ0v) is 7.45. The molecule has 0 aromatic carbocycles. The van der Waals surface area contributed by atoms with Gasteiger partial charge in [-0.05, 0) is 12.8 Å². The van der Waals surface area contributed by atoms with Crippen molar-refractivity contribution in [1.82, 2.24) is 9.97 Å². The van der Waals surface area contributed by atoms with E-state index >= 15 is 0 Å². The van der Waals surface area contributed by atoms with E-state index in [4.69, 9.17) is 10.5 Å². The molecule has 1 saturated carbocycles. The molecule has 0 unspecified atom stereocenters. The fraction of sp³-hybridized carbons (Fsp3) is 0.500. The maximum atomic E-state index is 5.61. The molecule has 1 heterocycles. The molecule has 0 saturated heterocycles. The molecule has 0 spiro atoms. The first-order valence-corrected chi connectivity index (χ1v) is 4.22. The van der Waals surface area contributed by atoms with Gasteiger partial charge in [0.1, 0.15) is 6.33 Å². The van der Waals surface area contributed by atoms with E-state index < -0.39 is 0 Å². The second-order valence-corrected chi connectivity index (χ2v) is 3.06. The minimum atomic E-state index is 0.376. The van der Waals surface area contributed by atoms with Crippen molar-refractivity contribution < 1.29 is 4.74 Å². The molecule has 0 amide bonds. The predicted octanol–water partition coefficient (Wildman–Crippen LogP) is 0.642. The molecule has 13 heavy (non-hydrogen) atoms. The van der Waals surface area contributed by atoms with Crippen LogP contribution in [0.25, 0.3) is 0 Å². The van der Waals surface area contributed by atoms with Crippen molar-refractivity contribution in [2.24, 2.45) is 0 Å². The Bertz CT molecular complexity index is 311. The van der Waals surface area contributed by atoms with Crippen LogP contribution < -0.4 is 15.8 Å². The summed E-state index contributed by atoms with van der Waals surface area (Å²) in [5.74, 6) is 1.60. The van der Waals surface area contributed by atoms with E-state index in [-0.39, 0.29) is 0 Å². The van der Waals surface area contributed by atoms with Gasteiger partial charge in [-0.2, -0.15) is 0 Å². The van der Waals surface area contributed by atoms with Gasteiger partial charge in [-0.25, -0.2) is 9.97 Å². The third kappa shape index (κ3) is 1.63. The van der Waals surface area contributed by atoms with Gasteiger partial charge in [0, 0.05) is 6.04 Å². The molecule has 0 atom stereocenters. The number of hydrogen-bond acceptors (Lipinski definition) is 5. The number of anilines is 2. The molecule has 70 valence electrons. The number of nitrogens with zero attached hydrogens (tertiary/aromatic N) is 2. The Morgan fingerprint density at radius 2 is 2.31 bits per heavy atom. The van der Waals surface area contributed by atoms with E-state index in [2.05, 4.69) is 15.3 Å². The molecule has 0 bridgehead atoms. The fourth-order valence-corrected chi connectivity index (χ4v) is 1.11. The Kier molecular flexibility index (Phi) is 1.92. The van der Waals surface area contributed by atoms with Gasteiger partial charge in [0.15, 0.2) is 11.6 Å². The van der Waals surface area contributed by atoms with E-state index in [1.54, 1.807) is 7.11 Å². The average molecular weight is 180 g/mol. The molecule has 1 aliphatic carbocycles. The number of hydrogen-bond donors (Lipinski definition) is 2. The molecule has 1 aliphatic rings. The van der Waals surface area contributed by atoms with Gasteiger partial charge in [0.2, 0.25) is 5.75 Å². The average Bonchev–Trinajstić information content (AvgIpc) is 2.89.